The smallest absolute Gasteiger partial charge is 0.343 e. The number of carbonyl (C=O) groups excluding carboxylic acids is 2. The second-order valence-corrected chi connectivity index (χ2v) is 7.98. The van der Waals surface area contributed by atoms with E-state index in [4.69, 9.17) is 18.9 Å². The summed E-state index contributed by atoms with van der Waals surface area (Å²) in [5.41, 5.74) is 2.68. The molecule has 1 aromatic heterocycles. The maximum atomic E-state index is 13.0. The number of ketones is 1. The molecule has 1 aliphatic heterocycles. The first-order valence-electron chi connectivity index (χ1n) is 11.1. The molecule has 0 saturated heterocycles. The molecule has 3 aromatic carbocycles. The van der Waals surface area contributed by atoms with Crippen LogP contribution in [0.5, 0.6) is 23.0 Å². The largest absolute Gasteiger partial charge is 0.497 e. The van der Waals surface area contributed by atoms with Gasteiger partial charge in [0.25, 0.3) is 0 Å². The average molecular weight is 469 g/mol. The van der Waals surface area contributed by atoms with E-state index in [0.717, 1.165) is 23.0 Å². The number of hydrogen-bond donors (Lipinski definition) is 0. The number of hydrogen-bond acceptors (Lipinski definition) is 6. The summed E-state index contributed by atoms with van der Waals surface area (Å²) in [6, 6.07) is 17.5. The number of allylic oxidation sites excluding steroid dienone is 1. The third-order valence-electron chi connectivity index (χ3n) is 5.89. The van der Waals surface area contributed by atoms with Gasteiger partial charge in [-0.25, -0.2) is 4.79 Å². The molecule has 4 aromatic rings. The molecular formula is C28H23NO6. The zero-order valence-electron chi connectivity index (χ0n) is 19.5. The van der Waals surface area contributed by atoms with Crippen LogP contribution in [0, 0.1) is 0 Å². The van der Waals surface area contributed by atoms with Gasteiger partial charge in [0.05, 0.1) is 25.3 Å². The van der Waals surface area contributed by atoms with Crippen LogP contribution in [0.2, 0.25) is 0 Å². The van der Waals surface area contributed by atoms with Gasteiger partial charge in [0, 0.05) is 41.3 Å². The maximum Gasteiger partial charge on any atom is 0.343 e. The van der Waals surface area contributed by atoms with Crippen LogP contribution in [0.1, 0.15) is 33.2 Å². The summed E-state index contributed by atoms with van der Waals surface area (Å²) in [5.74, 6) is 0.955. The Hall–Kier alpha value is -4.52. The highest BCUT2D eigenvalue weighted by Crippen LogP contribution is 2.36. The van der Waals surface area contributed by atoms with Crippen molar-refractivity contribution in [3.63, 3.8) is 0 Å². The Labute approximate surface area is 202 Å². The minimum Gasteiger partial charge on any atom is -0.497 e. The maximum absolute atomic E-state index is 13.0. The number of rotatable bonds is 6. The fraction of sp³-hybridized carbons (Fsp3) is 0.143. The van der Waals surface area contributed by atoms with Crippen LogP contribution in [-0.4, -0.2) is 30.5 Å². The molecule has 0 unspecified atom stereocenters. The highest BCUT2D eigenvalue weighted by atomic mass is 16.5. The Morgan fingerprint density at radius 3 is 2.43 bits per heavy atom. The van der Waals surface area contributed by atoms with Crippen LogP contribution < -0.4 is 18.9 Å². The highest BCUT2D eigenvalue weighted by Gasteiger charge is 2.28. The van der Waals surface area contributed by atoms with Crippen molar-refractivity contribution >= 4 is 28.7 Å². The van der Waals surface area contributed by atoms with Gasteiger partial charge >= 0.3 is 5.97 Å². The predicted molar refractivity (Wildman–Crippen MR) is 131 cm³/mol. The van der Waals surface area contributed by atoms with Crippen LogP contribution in [0.3, 0.4) is 0 Å². The summed E-state index contributed by atoms with van der Waals surface area (Å²) >= 11 is 0. The molecule has 7 nitrogen and oxygen atoms in total. The Kier molecular flexibility index (Phi) is 5.74. The summed E-state index contributed by atoms with van der Waals surface area (Å²) in [5, 5.41) is 1.04. The van der Waals surface area contributed by atoms with Crippen LogP contribution in [0.15, 0.2) is 72.6 Å². The lowest BCUT2D eigenvalue weighted by molar-refractivity contribution is 0.0733. The van der Waals surface area contributed by atoms with E-state index in [1.165, 1.54) is 14.2 Å². The third kappa shape index (κ3) is 4.12. The molecule has 0 fully saturated rings. The number of nitrogens with zero attached hydrogens (tertiary/aromatic N) is 1. The molecule has 0 saturated carbocycles. The van der Waals surface area contributed by atoms with E-state index in [-0.39, 0.29) is 22.9 Å². The number of benzene rings is 3. The van der Waals surface area contributed by atoms with Gasteiger partial charge in [-0.15, -0.1) is 0 Å². The molecule has 0 N–H and O–H groups in total. The number of aryl methyl sites for hydroxylation is 1. The van der Waals surface area contributed by atoms with Gasteiger partial charge in [0.1, 0.15) is 23.0 Å². The van der Waals surface area contributed by atoms with E-state index in [1.54, 1.807) is 42.5 Å². The molecule has 0 aliphatic carbocycles. The summed E-state index contributed by atoms with van der Waals surface area (Å²) in [6.07, 6.45) is 3.76. The normalized spacial score (nSPS) is 13.6. The Morgan fingerprint density at radius 1 is 0.971 bits per heavy atom. The number of aromatic nitrogens is 1. The van der Waals surface area contributed by atoms with Gasteiger partial charge in [-0.2, -0.15) is 0 Å². The van der Waals surface area contributed by atoms with Crippen LogP contribution in [-0.2, 0) is 6.54 Å². The van der Waals surface area contributed by atoms with Crippen molar-refractivity contribution in [2.75, 3.05) is 14.2 Å². The van der Waals surface area contributed by atoms with Gasteiger partial charge in [-0.3, -0.25) is 4.79 Å². The van der Waals surface area contributed by atoms with Gasteiger partial charge in [-0.05, 0) is 43.3 Å². The topological polar surface area (TPSA) is 76.0 Å². The van der Waals surface area contributed by atoms with E-state index >= 15 is 0 Å². The summed E-state index contributed by atoms with van der Waals surface area (Å²) < 4.78 is 24.0. The van der Waals surface area contributed by atoms with Gasteiger partial charge in [0.2, 0.25) is 5.78 Å². The monoisotopic (exact) mass is 469 g/mol. The molecule has 0 amide bonds. The second-order valence-electron chi connectivity index (χ2n) is 7.98. The lowest BCUT2D eigenvalue weighted by Crippen LogP contribution is -2.09. The third-order valence-corrected chi connectivity index (χ3v) is 5.89. The number of carbonyl (C=O) groups is 2. The van der Waals surface area contributed by atoms with Crippen LogP contribution >= 0.6 is 0 Å². The zero-order chi connectivity index (χ0) is 24.5. The quantitative estimate of drug-likeness (QED) is 0.210. The summed E-state index contributed by atoms with van der Waals surface area (Å²) in [4.78, 5) is 25.7. The minimum atomic E-state index is -0.588. The predicted octanol–water partition coefficient (Wildman–Crippen LogP) is 5.51. The number of fused-ring (bicyclic) bond motifs is 2. The molecule has 35 heavy (non-hydrogen) atoms. The molecule has 176 valence electrons. The molecule has 2 heterocycles. The molecular weight excluding hydrogens is 446 g/mol. The summed E-state index contributed by atoms with van der Waals surface area (Å²) in [7, 11) is 3.01. The Bertz CT molecular complexity index is 1470. The van der Waals surface area contributed by atoms with Crippen molar-refractivity contribution in [3.05, 3.63) is 89.3 Å². The molecule has 0 bridgehead atoms. The minimum absolute atomic E-state index is 0.219. The first-order valence-corrected chi connectivity index (χ1v) is 11.1. The van der Waals surface area contributed by atoms with E-state index in [1.807, 2.05) is 30.5 Å². The standard InChI is InChI=1S/C28H23NO6/c1-4-29-16-18(22-7-5-6-8-24(22)29)13-26-27(30)23-10-9-19(15-25(23)35-26)34-28(31)17-11-20(32-2)14-21(12-17)33-3/h5-16H,4H2,1-3H3/b26-13+. The zero-order valence-corrected chi connectivity index (χ0v) is 19.5. The number of para-hydroxylation sites is 1. The van der Waals surface area contributed by atoms with E-state index in [0.29, 0.717) is 22.8 Å². The van der Waals surface area contributed by atoms with Gasteiger partial charge in [-0.1, -0.05) is 18.2 Å². The first kappa shape index (κ1) is 22.3. The van der Waals surface area contributed by atoms with Gasteiger partial charge < -0.3 is 23.5 Å². The molecule has 7 heteroatoms. The number of ether oxygens (including phenoxy) is 4. The SMILES string of the molecule is CCn1cc(/C=C2/Oc3cc(OC(=O)c4cc(OC)cc(OC)c4)ccc3C2=O)c2ccccc21. The molecule has 0 atom stereocenters. The number of methoxy groups -OCH3 is 2. The number of Topliss-reactive ketones (excluding diaryl/α,β-unsaturated/α-hetero) is 1. The lowest BCUT2D eigenvalue weighted by Gasteiger charge is -2.09. The van der Waals surface area contributed by atoms with E-state index in [9.17, 15) is 9.59 Å². The average Bonchev–Trinajstić information content (AvgIpc) is 3.40. The Balaban J connectivity index is 1.41. The molecule has 0 spiro atoms. The first-order chi connectivity index (χ1) is 17.0. The van der Waals surface area contributed by atoms with Crippen molar-refractivity contribution in [2.24, 2.45) is 0 Å². The van der Waals surface area contributed by atoms with Crippen molar-refractivity contribution in [1.29, 1.82) is 0 Å². The second kappa shape index (κ2) is 9.02. The van der Waals surface area contributed by atoms with Crippen molar-refractivity contribution in [1.82, 2.24) is 4.57 Å². The fourth-order valence-electron chi connectivity index (χ4n) is 4.12. The van der Waals surface area contributed by atoms with Gasteiger partial charge in [0.15, 0.2) is 5.76 Å². The van der Waals surface area contributed by atoms with Crippen molar-refractivity contribution in [3.8, 4) is 23.0 Å². The Morgan fingerprint density at radius 2 is 1.71 bits per heavy atom. The van der Waals surface area contributed by atoms with Crippen LogP contribution in [0.25, 0.3) is 17.0 Å². The molecule has 1 aliphatic rings. The fourth-order valence-corrected chi connectivity index (χ4v) is 4.12. The molecule has 5 rings (SSSR count). The van der Waals surface area contributed by atoms with Crippen LogP contribution in [0.4, 0.5) is 0 Å². The van der Waals surface area contributed by atoms with Crippen molar-refractivity contribution < 1.29 is 28.5 Å². The highest BCUT2D eigenvalue weighted by molar-refractivity contribution is 6.15. The number of esters is 1. The van der Waals surface area contributed by atoms with E-state index in [2.05, 4.69) is 11.5 Å². The summed E-state index contributed by atoms with van der Waals surface area (Å²) in [6.45, 7) is 2.88. The van der Waals surface area contributed by atoms with E-state index < -0.39 is 5.97 Å². The lowest BCUT2D eigenvalue weighted by atomic mass is 10.1. The molecule has 0 radical (unpaired) electrons. The van der Waals surface area contributed by atoms with Crippen molar-refractivity contribution in [2.45, 2.75) is 13.5 Å².